The third-order valence-electron chi connectivity index (χ3n) is 3.18. The Hall–Kier alpha value is -2.21. The quantitative estimate of drug-likeness (QED) is 0.474. The SMILES string of the molecule is CC(C)N(C)CCNC(=O)C=Cc1ccc([N+](=O)[O-])cc1. The maximum absolute atomic E-state index is 11.6. The van der Waals surface area contributed by atoms with Crippen molar-refractivity contribution in [1.82, 2.24) is 10.2 Å². The molecule has 0 radical (unpaired) electrons. The van der Waals surface area contributed by atoms with Crippen molar-refractivity contribution in [2.45, 2.75) is 19.9 Å². The molecule has 0 saturated carbocycles. The molecular formula is C15H21N3O3. The van der Waals surface area contributed by atoms with Crippen LogP contribution in [0.1, 0.15) is 19.4 Å². The van der Waals surface area contributed by atoms with Crippen LogP contribution in [0.4, 0.5) is 5.69 Å². The Morgan fingerprint density at radius 1 is 1.38 bits per heavy atom. The molecule has 0 unspecified atom stereocenters. The Labute approximate surface area is 124 Å². The Morgan fingerprint density at radius 3 is 2.52 bits per heavy atom. The van der Waals surface area contributed by atoms with Crippen LogP contribution in [0, 0.1) is 10.1 Å². The molecule has 0 heterocycles. The second kappa shape index (κ2) is 8.16. The summed E-state index contributed by atoms with van der Waals surface area (Å²) in [6.07, 6.45) is 3.06. The highest BCUT2D eigenvalue weighted by atomic mass is 16.6. The topological polar surface area (TPSA) is 75.5 Å². The number of non-ortho nitro benzene ring substituents is 1. The summed E-state index contributed by atoms with van der Waals surface area (Å²) in [5.74, 6) is -0.175. The van der Waals surface area contributed by atoms with E-state index in [4.69, 9.17) is 0 Å². The summed E-state index contributed by atoms with van der Waals surface area (Å²) >= 11 is 0. The number of nitrogens with one attached hydrogen (secondary N) is 1. The van der Waals surface area contributed by atoms with E-state index in [1.807, 2.05) is 7.05 Å². The van der Waals surface area contributed by atoms with Gasteiger partial charge in [0.2, 0.25) is 5.91 Å². The molecule has 0 atom stereocenters. The number of hydrogen-bond acceptors (Lipinski definition) is 4. The van der Waals surface area contributed by atoms with Crippen LogP contribution < -0.4 is 5.32 Å². The summed E-state index contributed by atoms with van der Waals surface area (Å²) in [6, 6.07) is 6.48. The van der Waals surface area contributed by atoms with Crippen molar-refractivity contribution in [1.29, 1.82) is 0 Å². The molecule has 0 bridgehead atoms. The van der Waals surface area contributed by atoms with Crippen LogP contribution in [0.2, 0.25) is 0 Å². The molecule has 0 aliphatic rings. The van der Waals surface area contributed by atoms with Crippen molar-refractivity contribution >= 4 is 17.7 Å². The molecule has 0 aromatic heterocycles. The molecule has 1 amide bonds. The first-order valence-electron chi connectivity index (χ1n) is 6.80. The summed E-state index contributed by atoms with van der Waals surface area (Å²) in [4.78, 5) is 23.8. The monoisotopic (exact) mass is 291 g/mol. The van der Waals surface area contributed by atoms with E-state index in [1.54, 1.807) is 18.2 Å². The standard InChI is InChI=1S/C15H21N3O3/c1-12(2)17(3)11-10-16-15(19)9-6-13-4-7-14(8-5-13)18(20)21/h4-9,12H,10-11H2,1-3H3,(H,16,19). The average molecular weight is 291 g/mol. The van der Waals surface area contributed by atoms with E-state index < -0.39 is 4.92 Å². The second-order valence-corrected chi connectivity index (χ2v) is 5.05. The lowest BCUT2D eigenvalue weighted by atomic mass is 10.2. The van der Waals surface area contributed by atoms with Crippen LogP contribution in [0.25, 0.3) is 6.08 Å². The molecule has 0 aliphatic carbocycles. The zero-order chi connectivity index (χ0) is 15.8. The van der Waals surface area contributed by atoms with Gasteiger partial charge in [0.05, 0.1) is 4.92 Å². The van der Waals surface area contributed by atoms with Gasteiger partial charge in [-0.05, 0) is 44.7 Å². The molecule has 1 aromatic carbocycles. The van der Waals surface area contributed by atoms with Gasteiger partial charge in [-0.15, -0.1) is 0 Å². The van der Waals surface area contributed by atoms with E-state index >= 15 is 0 Å². The van der Waals surface area contributed by atoms with Crippen LogP contribution in [-0.2, 0) is 4.79 Å². The van der Waals surface area contributed by atoms with Gasteiger partial charge < -0.3 is 10.2 Å². The molecule has 0 saturated heterocycles. The number of nitro groups is 1. The van der Waals surface area contributed by atoms with Crippen LogP contribution in [0.15, 0.2) is 30.3 Å². The Bertz CT molecular complexity index is 509. The summed E-state index contributed by atoms with van der Waals surface area (Å²) in [5.41, 5.74) is 0.781. The molecule has 1 N–H and O–H groups in total. The van der Waals surface area contributed by atoms with Crippen LogP contribution in [0.3, 0.4) is 0 Å². The smallest absolute Gasteiger partial charge is 0.269 e. The second-order valence-electron chi connectivity index (χ2n) is 5.05. The first-order chi connectivity index (χ1) is 9.90. The van der Waals surface area contributed by atoms with E-state index in [2.05, 4.69) is 24.1 Å². The van der Waals surface area contributed by atoms with Crippen molar-refractivity contribution in [2.24, 2.45) is 0 Å². The lowest BCUT2D eigenvalue weighted by Crippen LogP contribution is -2.35. The molecule has 21 heavy (non-hydrogen) atoms. The molecule has 6 heteroatoms. The maximum Gasteiger partial charge on any atom is 0.269 e. The van der Waals surface area contributed by atoms with Gasteiger partial charge >= 0.3 is 0 Å². The zero-order valence-electron chi connectivity index (χ0n) is 12.6. The number of carbonyl (C=O) groups is 1. The van der Waals surface area contributed by atoms with Crippen molar-refractivity contribution in [2.75, 3.05) is 20.1 Å². The molecule has 1 aromatic rings. The highest BCUT2D eigenvalue weighted by Gasteiger charge is 2.04. The fourth-order valence-electron chi connectivity index (χ4n) is 1.55. The molecule has 6 nitrogen and oxygen atoms in total. The van der Waals surface area contributed by atoms with Gasteiger partial charge in [0.15, 0.2) is 0 Å². The van der Waals surface area contributed by atoms with Crippen molar-refractivity contribution in [3.63, 3.8) is 0 Å². The number of carbonyl (C=O) groups excluding carboxylic acids is 1. The summed E-state index contributed by atoms with van der Waals surface area (Å²) < 4.78 is 0. The number of benzene rings is 1. The Morgan fingerprint density at radius 2 is 2.00 bits per heavy atom. The van der Waals surface area contributed by atoms with Crippen LogP contribution >= 0.6 is 0 Å². The molecule has 0 aliphatic heterocycles. The predicted octanol–water partition coefficient (Wildman–Crippen LogP) is 2.06. The third-order valence-corrected chi connectivity index (χ3v) is 3.18. The minimum absolute atomic E-state index is 0.0355. The number of hydrogen-bond donors (Lipinski definition) is 1. The van der Waals surface area contributed by atoms with Crippen molar-refractivity contribution < 1.29 is 9.72 Å². The number of nitrogens with zero attached hydrogens (tertiary/aromatic N) is 2. The highest BCUT2D eigenvalue weighted by Crippen LogP contribution is 2.12. The van der Waals surface area contributed by atoms with Gasteiger partial charge in [-0.25, -0.2) is 0 Å². The van der Waals surface area contributed by atoms with Gasteiger partial charge in [0, 0.05) is 37.3 Å². The Kier molecular flexibility index (Phi) is 6.55. The molecule has 114 valence electrons. The average Bonchev–Trinajstić information content (AvgIpc) is 2.45. The first-order valence-corrected chi connectivity index (χ1v) is 6.80. The highest BCUT2D eigenvalue weighted by molar-refractivity contribution is 5.91. The van der Waals surface area contributed by atoms with Gasteiger partial charge in [-0.1, -0.05) is 0 Å². The lowest BCUT2D eigenvalue weighted by Gasteiger charge is -2.20. The molecule has 0 fully saturated rings. The summed E-state index contributed by atoms with van der Waals surface area (Å²) in [7, 11) is 2.00. The van der Waals surface area contributed by atoms with Gasteiger partial charge in [-0.2, -0.15) is 0 Å². The largest absolute Gasteiger partial charge is 0.351 e. The molecule has 0 spiro atoms. The minimum Gasteiger partial charge on any atom is -0.351 e. The molecular weight excluding hydrogens is 270 g/mol. The number of likely N-dealkylation sites (N-methyl/N-ethyl adjacent to an activating group) is 1. The third kappa shape index (κ3) is 6.18. The van der Waals surface area contributed by atoms with Gasteiger partial charge in [0.1, 0.15) is 0 Å². The summed E-state index contributed by atoms with van der Waals surface area (Å²) in [5, 5.41) is 13.3. The van der Waals surface area contributed by atoms with E-state index in [0.717, 1.165) is 12.1 Å². The number of nitro benzene ring substituents is 1. The lowest BCUT2D eigenvalue weighted by molar-refractivity contribution is -0.384. The van der Waals surface area contributed by atoms with Crippen molar-refractivity contribution in [3.05, 3.63) is 46.0 Å². The fourth-order valence-corrected chi connectivity index (χ4v) is 1.55. The number of amides is 1. The maximum atomic E-state index is 11.6. The zero-order valence-corrected chi connectivity index (χ0v) is 12.6. The summed E-state index contributed by atoms with van der Waals surface area (Å²) in [6.45, 7) is 5.56. The fraction of sp³-hybridized carbons (Fsp3) is 0.400. The first kappa shape index (κ1) is 16.8. The van der Waals surface area contributed by atoms with E-state index in [9.17, 15) is 14.9 Å². The Balaban J connectivity index is 2.41. The van der Waals surface area contributed by atoms with Gasteiger partial charge in [0.25, 0.3) is 5.69 Å². The number of rotatable bonds is 7. The molecule has 1 rings (SSSR count). The predicted molar refractivity (Wildman–Crippen MR) is 82.9 cm³/mol. The minimum atomic E-state index is -0.453. The van der Waals surface area contributed by atoms with E-state index in [1.165, 1.54) is 18.2 Å². The van der Waals surface area contributed by atoms with E-state index in [-0.39, 0.29) is 11.6 Å². The van der Waals surface area contributed by atoms with Crippen LogP contribution in [0.5, 0.6) is 0 Å². The van der Waals surface area contributed by atoms with E-state index in [0.29, 0.717) is 12.6 Å². The van der Waals surface area contributed by atoms with Crippen molar-refractivity contribution in [3.8, 4) is 0 Å². The van der Waals surface area contributed by atoms with Crippen LogP contribution in [-0.4, -0.2) is 41.9 Å². The van der Waals surface area contributed by atoms with Gasteiger partial charge in [-0.3, -0.25) is 14.9 Å². The normalized spacial score (nSPS) is 11.3.